The van der Waals surface area contributed by atoms with Gasteiger partial charge in [-0.3, -0.25) is 9.59 Å². The number of nitrogens with one attached hydrogen (secondary N) is 3. The molecule has 1 heterocycles. The molecule has 0 aromatic heterocycles. The quantitative estimate of drug-likeness (QED) is 0.274. The highest BCUT2D eigenvalue weighted by molar-refractivity contribution is 7.96. The van der Waals surface area contributed by atoms with Crippen LogP contribution in [0.5, 0.6) is 0 Å². The lowest BCUT2D eigenvalue weighted by Crippen LogP contribution is -2.49. The highest BCUT2D eigenvalue weighted by Gasteiger charge is 1.90. The summed E-state index contributed by atoms with van der Waals surface area (Å²) in [5.41, 5.74) is 17.3. The molecule has 0 saturated carbocycles. The second-order valence-electron chi connectivity index (χ2n) is 2.01. The first kappa shape index (κ1) is 16.0. The number of thiol groups is 2. The van der Waals surface area contributed by atoms with Gasteiger partial charge in [0, 0.05) is 13.1 Å². The molecule has 0 radical (unpaired) electrons. The summed E-state index contributed by atoms with van der Waals surface area (Å²) in [7, 11) is 0. The van der Waals surface area contributed by atoms with Gasteiger partial charge in [-0.05, 0) is 6.42 Å². The lowest BCUT2D eigenvalue weighted by atomic mass is 10.4. The molecule has 0 bridgehead atoms. The number of nitrogens with two attached hydrogens (primary N) is 2. The van der Waals surface area contributed by atoms with E-state index in [9.17, 15) is 0 Å². The average Bonchev–Trinajstić information content (AvgIpc) is 2.05. The minimum Gasteiger partial charge on any atom is -0.361 e. The average molecular weight is 241 g/mol. The van der Waals surface area contributed by atoms with Gasteiger partial charge in [-0.25, -0.2) is 10.9 Å². The van der Waals surface area contributed by atoms with Crippen LogP contribution >= 0.6 is 25.3 Å². The second-order valence-corrected chi connectivity index (χ2v) is 2.89. The van der Waals surface area contributed by atoms with Crippen LogP contribution < -0.4 is 27.9 Å². The molecule has 0 aromatic carbocycles. The zero-order chi connectivity index (χ0) is 11.4. The molecule has 7 N–H and O–H groups in total. The summed E-state index contributed by atoms with van der Waals surface area (Å²) < 4.78 is 0. The molecule has 1 aliphatic rings. The van der Waals surface area contributed by atoms with Crippen molar-refractivity contribution in [3.8, 4) is 0 Å². The Labute approximate surface area is 93.1 Å². The van der Waals surface area contributed by atoms with E-state index < -0.39 is 10.5 Å². The van der Waals surface area contributed by atoms with Gasteiger partial charge in [0.1, 0.15) is 0 Å². The van der Waals surface area contributed by atoms with E-state index in [1.54, 1.807) is 0 Å². The summed E-state index contributed by atoms with van der Waals surface area (Å²) in [6.45, 7) is 2.15. The van der Waals surface area contributed by atoms with Crippen LogP contribution in [0, 0.1) is 0 Å². The molecule has 1 saturated heterocycles. The molecular formula is C5H15N5O2S2. The summed E-state index contributed by atoms with van der Waals surface area (Å²) in [6.07, 6.45) is 1.22. The standard InChI is InChI=1S/C3H9N3.2CH3NOS/c1-2-4-6-5-3-1;2*2-1(3)4/h4-6H,1-3H2;2*(H3,2,3,4). The van der Waals surface area contributed by atoms with Crippen LogP contribution in [0.4, 0.5) is 9.59 Å². The Morgan fingerprint density at radius 1 is 1.00 bits per heavy atom. The molecule has 7 nitrogen and oxygen atoms in total. The highest BCUT2D eigenvalue weighted by atomic mass is 32.1. The molecule has 0 aliphatic carbocycles. The number of hydrogen-bond donors (Lipinski definition) is 7. The van der Waals surface area contributed by atoms with E-state index in [0.29, 0.717) is 0 Å². The first-order valence-electron chi connectivity index (χ1n) is 3.64. The molecule has 1 aliphatic heterocycles. The van der Waals surface area contributed by atoms with Gasteiger partial charge in [0.05, 0.1) is 0 Å². The molecule has 1 rings (SSSR count). The number of carbonyl (C=O) groups is 2. The third-order valence-electron chi connectivity index (χ3n) is 0.780. The summed E-state index contributed by atoms with van der Waals surface area (Å²) in [6, 6.07) is 0. The van der Waals surface area contributed by atoms with Crippen molar-refractivity contribution in [2.45, 2.75) is 6.42 Å². The third kappa shape index (κ3) is 41.8. The van der Waals surface area contributed by atoms with E-state index in [4.69, 9.17) is 9.59 Å². The van der Waals surface area contributed by atoms with Crippen molar-refractivity contribution >= 4 is 35.7 Å². The van der Waals surface area contributed by atoms with Gasteiger partial charge in [-0.1, -0.05) is 25.3 Å². The fourth-order valence-electron chi connectivity index (χ4n) is 0.453. The summed E-state index contributed by atoms with van der Waals surface area (Å²) in [5, 5.41) is -1.28. The number of carbonyl (C=O) groups excluding carboxylic acids is 2. The van der Waals surface area contributed by atoms with E-state index in [1.165, 1.54) is 6.42 Å². The van der Waals surface area contributed by atoms with Gasteiger partial charge < -0.3 is 11.5 Å². The Hall–Kier alpha value is -0.480. The smallest absolute Gasteiger partial charge is 0.273 e. The van der Waals surface area contributed by atoms with Crippen molar-refractivity contribution in [2.75, 3.05) is 13.1 Å². The topological polar surface area (TPSA) is 122 Å². The Kier molecular flexibility index (Phi) is 14.3. The van der Waals surface area contributed by atoms with Gasteiger partial charge in [0.15, 0.2) is 0 Å². The van der Waals surface area contributed by atoms with Crippen LogP contribution in [0.15, 0.2) is 0 Å². The summed E-state index contributed by atoms with van der Waals surface area (Å²) >= 11 is 6.21. The van der Waals surface area contributed by atoms with Crippen LogP contribution in [-0.4, -0.2) is 23.6 Å². The Morgan fingerprint density at radius 2 is 1.29 bits per heavy atom. The van der Waals surface area contributed by atoms with Crippen molar-refractivity contribution in [1.29, 1.82) is 0 Å². The molecule has 2 amide bonds. The largest absolute Gasteiger partial charge is 0.361 e. The van der Waals surface area contributed by atoms with Crippen LogP contribution in [0.3, 0.4) is 0 Å². The Morgan fingerprint density at radius 3 is 1.36 bits per heavy atom. The van der Waals surface area contributed by atoms with E-state index in [1.807, 2.05) is 0 Å². The molecule has 1 fully saturated rings. The maximum Gasteiger partial charge on any atom is 0.273 e. The van der Waals surface area contributed by atoms with E-state index in [0.717, 1.165) is 13.1 Å². The van der Waals surface area contributed by atoms with E-state index >= 15 is 0 Å². The monoisotopic (exact) mass is 241 g/mol. The van der Waals surface area contributed by atoms with Crippen LogP contribution in [0.1, 0.15) is 6.42 Å². The summed E-state index contributed by atoms with van der Waals surface area (Å²) in [4.78, 5) is 18.2. The minimum atomic E-state index is -0.639. The fraction of sp³-hybridized carbons (Fsp3) is 0.600. The van der Waals surface area contributed by atoms with Gasteiger partial charge in [0.2, 0.25) is 0 Å². The van der Waals surface area contributed by atoms with Gasteiger partial charge in [-0.15, -0.1) is 0 Å². The molecular weight excluding hydrogens is 226 g/mol. The number of hydrogen-bond acceptors (Lipinski definition) is 5. The minimum absolute atomic E-state index is 0.639. The van der Waals surface area contributed by atoms with Crippen molar-refractivity contribution in [3.05, 3.63) is 0 Å². The van der Waals surface area contributed by atoms with Crippen molar-refractivity contribution in [2.24, 2.45) is 11.5 Å². The molecule has 84 valence electrons. The van der Waals surface area contributed by atoms with Crippen molar-refractivity contribution in [1.82, 2.24) is 16.4 Å². The molecule has 0 unspecified atom stereocenters. The van der Waals surface area contributed by atoms with Gasteiger partial charge >= 0.3 is 0 Å². The SMILES string of the molecule is C1CNNNC1.NC(=O)S.NC(=O)S. The number of amides is 2. The van der Waals surface area contributed by atoms with Crippen molar-refractivity contribution < 1.29 is 9.59 Å². The van der Waals surface area contributed by atoms with Crippen LogP contribution in [0.25, 0.3) is 0 Å². The maximum atomic E-state index is 9.09. The second kappa shape index (κ2) is 12.5. The first-order valence-corrected chi connectivity index (χ1v) is 4.53. The normalized spacial score (nSPS) is 13.9. The molecule has 14 heavy (non-hydrogen) atoms. The predicted octanol–water partition coefficient (Wildman–Crippen LogP) is -1.02. The number of hydrazine groups is 2. The van der Waals surface area contributed by atoms with Crippen molar-refractivity contribution in [3.63, 3.8) is 0 Å². The van der Waals surface area contributed by atoms with Gasteiger partial charge in [0.25, 0.3) is 10.5 Å². The highest BCUT2D eigenvalue weighted by Crippen LogP contribution is 1.71. The number of primary amides is 2. The zero-order valence-corrected chi connectivity index (χ0v) is 9.28. The first-order chi connectivity index (χ1) is 6.46. The van der Waals surface area contributed by atoms with Crippen LogP contribution in [-0.2, 0) is 0 Å². The summed E-state index contributed by atoms with van der Waals surface area (Å²) in [5.74, 6) is 0. The van der Waals surface area contributed by atoms with E-state index in [2.05, 4.69) is 53.1 Å². The van der Waals surface area contributed by atoms with Gasteiger partial charge in [-0.2, -0.15) is 5.53 Å². The molecule has 0 spiro atoms. The number of rotatable bonds is 0. The Balaban J connectivity index is 0. The Bertz CT molecular complexity index is 133. The maximum absolute atomic E-state index is 9.09. The third-order valence-corrected chi connectivity index (χ3v) is 0.780. The lowest BCUT2D eigenvalue weighted by Gasteiger charge is -2.12. The van der Waals surface area contributed by atoms with E-state index in [-0.39, 0.29) is 0 Å². The molecule has 0 aromatic rings. The van der Waals surface area contributed by atoms with Crippen LogP contribution in [0.2, 0.25) is 0 Å². The fourth-order valence-corrected chi connectivity index (χ4v) is 0.453. The molecule has 0 atom stereocenters. The zero-order valence-electron chi connectivity index (χ0n) is 7.49. The lowest BCUT2D eigenvalue weighted by molar-refractivity contribution is 0.266. The molecule has 9 heteroatoms. The predicted molar refractivity (Wildman–Crippen MR) is 60.9 cm³/mol.